The summed E-state index contributed by atoms with van der Waals surface area (Å²) < 4.78 is 0. The second-order valence-electron chi connectivity index (χ2n) is 7.46. The van der Waals surface area contributed by atoms with Crippen LogP contribution in [0, 0.1) is 6.92 Å². The first-order chi connectivity index (χ1) is 13.9. The van der Waals surface area contributed by atoms with E-state index in [0.29, 0.717) is 25.2 Å². The Balaban J connectivity index is 1.46. The van der Waals surface area contributed by atoms with Gasteiger partial charge < -0.3 is 10.2 Å². The highest BCUT2D eigenvalue weighted by molar-refractivity contribution is 7.98. The van der Waals surface area contributed by atoms with Gasteiger partial charge in [-0.2, -0.15) is 0 Å². The van der Waals surface area contributed by atoms with Crippen LogP contribution in [-0.2, 0) is 10.5 Å². The van der Waals surface area contributed by atoms with Crippen LogP contribution in [0.1, 0.15) is 34.9 Å². The predicted molar refractivity (Wildman–Crippen MR) is 118 cm³/mol. The molecule has 1 N–H and O–H groups in total. The predicted octanol–water partition coefficient (Wildman–Crippen LogP) is 3.03. The van der Waals surface area contributed by atoms with E-state index in [1.807, 2.05) is 49.9 Å². The average molecular weight is 433 g/mol. The van der Waals surface area contributed by atoms with Crippen molar-refractivity contribution in [1.82, 2.24) is 20.1 Å². The Morgan fingerprint density at radius 1 is 1.17 bits per heavy atom. The number of nitrogens with one attached hydrogen (secondary N) is 1. The fraction of sp³-hybridized carbons (Fsp3) is 0.476. The van der Waals surface area contributed by atoms with E-state index in [2.05, 4.69) is 20.6 Å². The summed E-state index contributed by atoms with van der Waals surface area (Å²) >= 11 is 3.39. The van der Waals surface area contributed by atoms with E-state index in [1.54, 1.807) is 23.1 Å². The van der Waals surface area contributed by atoms with Crippen LogP contribution in [0.3, 0.4) is 0 Å². The molecule has 1 aliphatic heterocycles. The number of piperazine rings is 1. The largest absolute Gasteiger partial charge is 0.353 e. The van der Waals surface area contributed by atoms with Gasteiger partial charge in [-0.15, -0.1) is 23.1 Å². The highest BCUT2D eigenvalue weighted by Crippen LogP contribution is 2.24. The quantitative estimate of drug-likeness (QED) is 0.682. The standard InChI is InChI=1S/C21H28N4O2S2/c1-15(2)22-20(26)12-24-8-10-25(11-9-24)21(27)17-4-6-19(7-5-17)29-14-18-13-28-16(3)23-18/h4-7,13,15H,8-12,14H2,1-3H3,(H,22,26). The Morgan fingerprint density at radius 2 is 1.86 bits per heavy atom. The molecule has 1 aromatic carbocycles. The molecule has 0 saturated carbocycles. The molecule has 0 unspecified atom stereocenters. The molecule has 1 saturated heterocycles. The number of carbonyl (C=O) groups is 2. The van der Waals surface area contributed by atoms with Gasteiger partial charge in [-0.1, -0.05) is 0 Å². The van der Waals surface area contributed by atoms with E-state index in [0.717, 1.165) is 34.4 Å². The van der Waals surface area contributed by atoms with Crippen molar-refractivity contribution in [3.05, 3.63) is 45.9 Å². The fourth-order valence-corrected chi connectivity index (χ4v) is 4.70. The molecule has 2 aromatic rings. The molecule has 1 fully saturated rings. The second kappa shape index (κ2) is 10.2. The number of aromatic nitrogens is 1. The number of amides is 2. The molecular weight excluding hydrogens is 404 g/mol. The first-order valence-electron chi connectivity index (χ1n) is 9.85. The number of benzene rings is 1. The van der Waals surface area contributed by atoms with E-state index >= 15 is 0 Å². The molecule has 0 radical (unpaired) electrons. The zero-order valence-electron chi connectivity index (χ0n) is 17.2. The number of nitrogens with zero attached hydrogens (tertiary/aromatic N) is 3. The lowest BCUT2D eigenvalue weighted by Gasteiger charge is -2.34. The molecule has 156 valence electrons. The summed E-state index contributed by atoms with van der Waals surface area (Å²) in [6, 6.07) is 7.96. The molecule has 6 nitrogen and oxygen atoms in total. The summed E-state index contributed by atoms with van der Waals surface area (Å²) in [4.78, 5) is 34.3. The van der Waals surface area contributed by atoms with Gasteiger partial charge in [0.15, 0.2) is 0 Å². The smallest absolute Gasteiger partial charge is 0.253 e. The molecule has 2 heterocycles. The number of thioether (sulfide) groups is 1. The third-order valence-electron chi connectivity index (χ3n) is 4.63. The summed E-state index contributed by atoms with van der Waals surface area (Å²) in [6.45, 7) is 9.05. The summed E-state index contributed by atoms with van der Waals surface area (Å²) in [6.07, 6.45) is 0. The van der Waals surface area contributed by atoms with Crippen molar-refractivity contribution >= 4 is 34.9 Å². The Bertz CT molecular complexity index is 827. The Labute approximate surface area is 180 Å². The van der Waals surface area contributed by atoms with E-state index in [4.69, 9.17) is 0 Å². The van der Waals surface area contributed by atoms with Crippen LogP contribution in [0.2, 0.25) is 0 Å². The summed E-state index contributed by atoms with van der Waals surface area (Å²) in [5.41, 5.74) is 1.81. The number of aryl methyl sites for hydroxylation is 1. The van der Waals surface area contributed by atoms with Crippen LogP contribution in [0.4, 0.5) is 0 Å². The molecule has 2 amide bonds. The van der Waals surface area contributed by atoms with Gasteiger partial charge in [0.05, 0.1) is 17.2 Å². The van der Waals surface area contributed by atoms with Gasteiger partial charge in [-0.3, -0.25) is 14.5 Å². The molecule has 1 aliphatic rings. The van der Waals surface area contributed by atoms with Gasteiger partial charge >= 0.3 is 0 Å². The van der Waals surface area contributed by atoms with Crippen LogP contribution in [-0.4, -0.2) is 65.4 Å². The summed E-state index contributed by atoms with van der Waals surface area (Å²) in [5.74, 6) is 0.938. The lowest BCUT2D eigenvalue weighted by Crippen LogP contribution is -2.51. The van der Waals surface area contributed by atoms with Crippen LogP contribution in [0.15, 0.2) is 34.5 Å². The minimum absolute atomic E-state index is 0.0423. The number of carbonyl (C=O) groups excluding carboxylic acids is 2. The fourth-order valence-electron chi connectivity index (χ4n) is 3.19. The monoisotopic (exact) mass is 432 g/mol. The maximum atomic E-state index is 12.8. The van der Waals surface area contributed by atoms with E-state index in [1.165, 1.54) is 0 Å². The third kappa shape index (κ3) is 6.55. The first kappa shape index (κ1) is 21.8. The Hall–Kier alpha value is -1.90. The van der Waals surface area contributed by atoms with Crippen LogP contribution < -0.4 is 5.32 Å². The first-order valence-corrected chi connectivity index (χ1v) is 11.7. The Kier molecular flexibility index (Phi) is 7.69. The van der Waals surface area contributed by atoms with Crippen molar-refractivity contribution in [2.45, 2.75) is 37.5 Å². The molecule has 3 rings (SSSR count). The highest BCUT2D eigenvalue weighted by Gasteiger charge is 2.23. The zero-order valence-corrected chi connectivity index (χ0v) is 18.8. The maximum absolute atomic E-state index is 12.8. The van der Waals surface area contributed by atoms with E-state index in [9.17, 15) is 9.59 Å². The topological polar surface area (TPSA) is 65.5 Å². The van der Waals surface area contributed by atoms with Gasteiger partial charge in [0.1, 0.15) is 0 Å². The maximum Gasteiger partial charge on any atom is 0.253 e. The molecular formula is C21H28N4O2S2. The summed E-state index contributed by atoms with van der Waals surface area (Å²) in [5, 5.41) is 6.09. The normalized spacial score (nSPS) is 15.0. The summed E-state index contributed by atoms with van der Waals surface area (Å²) in [7, 11) is 0. The van der Waals surface area contributed by atoms with Crippen molar-refractivity contribution in [3.63, 3.8) is 0 Å². The molecule has 8 heteroatoms. The number of rotatable bonds is 7. The van der Waals surface area contributed by atoms with Crippen LogP contribution in [0.25, 0.3) is 0 Å². The minimum Gasteiger partial charge on any atom is -0.353 e. The molecule has 0 aliphatic carbocycles. The zero-order chi connectivity index (χ0) is 20.8. The van der Waals surface area contributed by atoms with Crippen LogP contribution in [0.5, 0.6) is 0 Å². The molecule has 0 spiro atoms. The van der Waals surface area contributed by atoms with Crippen molar-refractivity contribution in [3.8, 4) is 0 Å². The van der Waals surface area contributed by atoms with E-state index < -0.39 is 0 Å². The molecule has 1 aromatic heterocycles. The lowest BCUT2D eigenvalue weighted by atomic mass is 10.2. The SMILES string of the molecule is Cc1nc(CSc2ccc(C(=O)N3CCN(CC(=O)NC(C)C)CC3)cc2)cs1. The van der Waals surface area contributed by atoms with Gasteiger partial charge in [-0.25, -0.2) is 4.98 Å². The number of hydrogen-bond acceptors (Lipinski definition) is 6. The molecule has 29 heavy (non-hydrogen) atoms. The Morgan fingerprint density at radius 3 is 2.45 bits per heavy atom. The minimum atomic E-state index is 0.0423. The van der Waals surface area contributed by atoms with Gasteiger partial charge in [-0.05, 0) is 45.0 Å². The van der Waals surface area contributed by atoms with E-state index in [-0.39, 0.29) is 17.9 Å². The van der Waals surface area contributed by atoms with Crippen molar-refractivity contribution in [1.29, 1.82) is 0 Å². The van der Waals surface area contributed by atoms with Gasteiger partial charge in [0.25, 0.3) is 5.91 Å². The second-order valence-corrected chi connectivity index (χ2v) is 9.57. The number of thiazole rings is 1. The van der Waals surface area contributed by atoms with Gasteiger partial charge in [0, 0.05) is 53.8 Å². The lowest BCUT2D eigenvalue weighted by molar-refractivity contribution is -0.123. The highest BCUT2D eigenvalue weighted by atomic mass is 32.2. The third-order valence-corrected chi connectivity index (χ3v) is 6.50. The van der Waals surface area contributed by atoms with Crippen molar-refractivity contribution < 1.29 is 9.59 Å². The van der Waals surface area contributed by atoms with Gasteiger partial charge in [0.2, 0.25) is 5.91 Å². The average Bonchev–Trinajstić information content (AvgIpc) is 3.11. The molecule has 0 atom stereocenters. The van der Waals surface area contributed by atoms with Crippen LogP contribution >= 0.6 is 23.1 Å². The van der Waals surface area contributed by atoms with Crippen molar-refractivity contribution in [2.75, 3.05) is 32.7 Å². The molecule has 0 bridgehead atoms. The number of hydrogen-bond donors (Lipinski definition) is 1. The van der Waals surface area contributed by atoms with Crippen molar-refractivity contribution in [2.24, 2.45) is 0 Å².